The Kier molecular flexibility index (Phi) is 7.09. The van der Waals surface area contributed by atoms with Gasteiger partial charge in [-0.1, -0.05) is 24.3 Å². The van der Waals surface area contributed by atoms with Gasteiger partial charge in [-0.3, -0.25) is 5.32 Å². The Bertz CT molecular complexity index is 1290. The molecule has 0 unspecified atom stereocenters. The van der Waals surface area contributed by atoms with Crippen LogP contribution in [-0.2, 0) is 4.74 Å². The average molecular weight is 454 g/mol. The summed E-state index contributed by atoms with van der Waals surface area (Å²) in [5, 5.41) is 8.70. The zero-order valence-corrected chi connectivity index (χ0v) is 18.5. The quantitative estimate of drug-likeness (QED) is 0.310. The molecule has 0 atom stereocenters. The fourth-order valence-corrected chi connectivity index (χ4v) is 3.24. The molecule has 0 aliphatic heterocycles. The minimum atomic E-state index is -0.480. The number of esters is 1. The summed E-state index contributed by atoms with van der Waals surface area (Å²) in [5.74, 6) is 0.638. The number of para-hydroxylation sites is 1. The molecule has 2 amide bonds. The Morgan fingerprint density at radius 1 is 0.765 bits per heavy atom. The predicted molar refractivity (Wildman–Crippen MR) is 132 cm³/mol. The topological polar surface area (TPSA) is 105 Å². The number of pyridine rings is 2. The normalized spacial score (nSPS) is 10.3. The molecular weight excluding hydrogens is 430 g/mol. The molecule has 0 aliphatic rings. The van der Waals surface area contributed by atoms with Crippen LogP contribution in [0.15, 0.2) is 91.3 Å². The summed E-state index contributed by atoms with van der Waals surface area (Å²) in [6.07, 6.45) is 3.34. The zero-order chi connectivity index (χ0) is 23.8. The third-order valence-electron chi connectivity index (χ3n) is 4.77. The number of aromatic nitrogens is 2. The van der Waals surface area contributed by atoms with Crippen molar-refractivity contribution in [2.45, 2.75) is 6.92 Å². The van der Waals surface area contributed by atoms with Crippen molar-refractivity contribution in [1.82, 2.24) is 9.97 Å². The number of carbonyl (C=O) groups is 2. The lowest BCUT2D eigenvalue weighted by molar-refractivity contribution is 0.0526. The van der Waals surface area contributed by atoms with Crippen molar-refractivity contribution in [2.24, 2.45) is 0 Å². The van der Waals surface area contributed by atoms with Crippen molar-refractivity contribution in [1.29, 1.82) is 0 Å². The van der Waals surface area contributed by atoms with Gasteiger partial charge in [0.25, 0.3) is 0 Å². The van der Waals surface area contributed by atoms with Crippen molar-refractivity contribution in [2.75, 3.05) is 22.6 Å². The van der Waals surface area contributed by atoms with E-state index in [1.54, 1.807) is 49.6 Å². The van der Waals surface area contributed by atoms with E-state index in [9.17, 15) is 9.59 Å². The molecule has 8 nitrogen and oxygen atoms in total. The number of anilines is 4. The summed E-state index contributed by atoms with van der Waals surface area (Å²) in [5.41, 5.74) is 3.55. The molecular formula is C26H23N5O3. The zero-order valence-electron chi connectivity index (χ0n) is 18.5. The molecule has 0 spiro atoms. The third kappa shape index (κ3) is 5.95. The van der Waals surface area contributed by atoms with Crippen molar-refractivity contribution < 1.29 is 14.3 Å². The summed E-state index contributed by atoms with van der Waals surface area (Å²) < 4.78 is 4.99. The Morgan fingerprint density at radius 3 is 2.18 bits per heavy atom. The molecule has 0 fully saturated rings. The van der Waals surface area contributed by atoms with Crippen LogP contribution in [0.2, 0.25) is 0 Å². The Balaban J connectivity index is 1.44. The van der Waals surface area contributed by atoms with Gasteiger partial charge in [-0.25, -0.2) is 19.6 Å². The number of nitrogens with one attached hydrogen (secondary N) is 3. The molecule has 0 saturated carbocycles. The van der Waals surface area contributed by atoms with Crippen LogP contribution in [-0.4, -0.2) is 28.6 Å². The minimum Gasteiger partial charge on any atom is -0.462 e. The Labute approximate surface area is 197 Å². The van der Waals surface area contributed by atoms with Crippen LogP contribution in [0.25, 0.3) is 11.1 Å². The van der Waals surface area contributed by atoms with Crippen LogP contribution in [0, 0.1) is 0 Å². The van der Waals surface area contributed by atoms with Crippen molar-refractivity contribution >= 4 is 35.0 Å². The van der Waals surface area contributed by atoms with Crippen LogP contribution < -0.4 is 16.0 Å². The number of hydrogen-bond acceptors (Lipinski definition) is 6. The van der Waals surface area contributed by atoms with E-state index in [4.69, 9.17) is 4.74 Å². The van der Waals surface area contributed by atoms with Gasteiger partial charge in [-0.15, -0.1) is 0 Å². The lowest BCUT2D eigenvalue weighted by atomic mass is 10.1. The van der Waals surface area contributed by atoms with Crippen LogP contribution in [0.1, 0.15) is 17.3 Å². The molecule has 0 aliphatic carbocycles. The second-order valence-corrected chi connectivity index (χ2v) is 7.23. The molecule has 170 valence electrons. The van der Waals surface area contributed by atoms with Crippen molar-refractivity contribution in [3.05, 3.63) is 96.8 Å². The van der Waals surface area contributed by atoms with Gasteiger partial charge in [0.2, 0.25) is 0 Å². The fraction of sp³-hybridized carbons (Fsp3) is 0.0769. The maximum Gasteiger partial charge on any atom is 0.338 e. The smallest absolute Gasteiger partial charge is 0.338 e. The first-order valence-electron chi connectivity index (χ1n) is 10.7. The van der Waals surface area contributed by atoms with E-state index in [1.807, 2.05) is 48.5 Å². The highest BCUT2D eigenvalue weighted by molar-refractivity contribution is 6.00. The van der Waals surface area contributed by atoms with Gasteiger partial charge in [0.1, 0.15) is 11.6 Å². The molecule has 2 aromatic heterocycles. The molecule has 4 aromatic rings. The SMILES string of the molecule is CCOC(=O)c1cccc(NC(=O)Nc2cc(-c3ccnc(Nc4ccccc4)c3)ccn2)c1. The summed E-state index contributed by atoms with van der Waals surface area (Å²) in [7, 11) is 0. The largest absolute Gasteiger partial charge is 0.462 e. The highest BCUT2D eigenvalue weighted by Gasteiger charge is 2.10. The Hall–Kier alpha value is -4.72. The number of ether oxygens (including phenoxy) is 1. The molecule has 0 saturated heterocycles. The van der Waals surface area contributed by atoms with Crippen molar-refractivity contribution in [3.8, 4) is 11.1 Å². The van der Waals surface area contributed by atoms with Crippen molar-refractivity contribution in [3.63, 3.8) is 0 Å². The fourth-order valence-electron chi connectivity index (χ4n) is 3.24. The average Bonchev–Trinajstić information content (AvgIpc) is 2.85. The number of urea groups is 1. The van der Waals surface area contributed by atoms with E-state index in [0.29, 0.717) is 22.9 Å². The molecule has 3 N–H and O–H groups in total. The lowest BCUT2D eigenvalue weighted by Gasteiger charge is -2.10. The number of amides is 2. The van der Waals surface area contributed by atoms with Gasteiger partial charge in [0.15, 0.2) is 0 Å². The standard InChI is InChI=1S/C26H23N5O3/c1-2-34-25(32)20-7-6-10-22(15-20)30-26(33)31-24-17-19(12-14-28-24)18-11-13-27-23(16-18)29-21-8-4-3-5-9-21/h3-17H,2H2,1H3,(H,27,29)(H2,28,30,31,33). The third-order valence-corrected chi connectivity index (χ3v) is 4.77. The minimum absolute atomic E-state index is 0.278. The number of benzene rings is 2. The van der Waals surface area contributed by atoms with E-state index in [-0.39, 0.29) is 6.61 Å². The first kappa shape index (κ1) is 22.5. The molecule has 8 heteroatoms. The van der Waals surface area contributed by atoms with Gasteiger partial charge in [-0.05, 0) is 72.6 Å². The molecule has 2 aromatic carbocycles. The number of carbonyl (C=O) groups excluding carboxylic acids is 2. The van der Waals surface area contributed by atoms with E-state index >= 15 is 0 Å². The van der Waals surface area contributed by atoms with Gasteiger partial charge < -0.3 is 15.4 Å². The summed E-state index contributed by atoms with van der Waals surface area (Å²) >= 11 is 0. The molecule has 2 heterocycles. The van der Waals surface area contributed by atoms with Crippen LogP contribution in [0.4, 0.5) is 27.8 Å². The summed E-state index contributed by atoms with van der Waals surface area (Å²) in [6.45, 7) is 2.02. The highest BCUT2D eigenvalue weighted by atomic mass is 16.5. The second-order valence-electron chi connectivity index (χ2n) is 7.23. The maximum absolute atomic E-state index is 12.5. The molecule has 4 rings (SSSR count). The molecule has 0 bridgehead atoms. The predicted octanol–water partition coefficient (Wildman–Crippen LogP) is 5.71. The van der Waals surface area contributed by atoms with Crippen LogP contribution in [0.3, 0.4) is 0 Å². The molecule has 34 heavy (non-hydrogen) atoms. The number of hydrogen-bond donors (Lipinski definition) is 3. The summed E-state index contributed by atoms with van der Waals surface area (Å²) in [6, 6.07) is 23.3. The van der Waals surface area contributed by atoms with E-state index in [0.717, 1.165) is 16.8 Å². The van der Waals surface area contributed by atoms with Gasteiger partial charge >= 0.3 is 12.0 Å². The van der Waals surface area contributed by atoms with Crippen LogP contribution in [0.5, 0.6) is 0 Å². The maximum atomic E-state index is 12.5. The van der Waals surface area contributed by atoms with Crippen LogP contribution >= 0.6 is 0 Å². The monoisotopic (exact) mass is 453 g/mol. The first-order chi connectivity index (χ1) is 16.6. The first-order valence-corrected chi connectivity index (χ1v) is 10.7. The van der Waals surface area contributed by atoms with E-state index in [2.05, 4.69) is 25.9 Å². The van der Waals surface area contributed by atoms with Gasteiger partial charge in [0, 0.05) is 23.8 Å². The van der Waals surface area contributed by atoms with Gasteiger partial charge in [-0.2, -0.15) is 0 Å². The lowest BCUT2D eigenvalue weighted by Crippen LogP contribution is -2.20. The summed E-state index contributed by atoms with van der Waals surface area (Å²) in [4.78, 5) is 33.0. The van der Waals surface area contributed by atoms with E-state index in [1.165, 1.54) is 0 Å². The number of rotatable bonds is 7. The van der Waals surface area contributed by atoms with E-state index < -0.39 is 12.0 Å². The Morgan fingerprint density at radius 2 is 1.44 bits per heavy atom. The molecule has 0 radical (unpaired) electrons. The second kappa shape index (κ2) is 10.7. The highest BCUT2D eigenvalue weighted by Crippen LogP contribution is 2.24. The van der Waals surface area contributed by atoms with Gasteiger partial charge in [0.05, 0.1) is 12.2 Å². The number of nitrogens with zero attached hydrogens (tertiary/aromatic N) is 2.